The van der Waals surface area contributed by atoms with Gasteiger partial charge in [-0.2, -0.15) is 0 Å². The van der Waals surface area contributed by atoms with E-state index in [0.29, 0.717) is 12.8 Å². The van der Waals surface area contributed by atoms with Gasteiger partial charge in [0.2, 0.25) is 0 Å². The summed E-state index contributed by atoms with van der Waals surface area (Å²) in [5, 5.41) is 22.4. The molecule has 2 aromatic rings. The third-order valence-electron chi connectivity index (χ3n) is 7.61. The minimum Gasteiger partial charge on any atom is -0.445 e. The Morgan fingerprint density at radius 2 is 1.50 bits per heavy atom. The highest BCUT2D eigenvalue weighted by atomic mass is 16.7. The number of azide groups is 3. The lowest BCUT2D eigenvalue weighted by Crippen LogP contribution is -2.58. The minimum absolute atomic E-state index is 0.0504. The second-order valence-electron chi connectivity index (χ2n) is 10.5. The van der Waals surface area contributed by atoms with Gasteiger partial charge in [0.25, 0.3) is 0 Å². The van der Waals surface area contributed by atoms with Gasteiger partial charge in [-0.3, -0.25) is 0 Å². The van der Waals surface area contributed by atoms with E-state index in [0.717, 1.165) is 11.1 Å². The molecule has 1 amide bonds. The van der Waals surface area contributed by atoms with Crippen molar-refractivity contribution in [3.05, 3.63) is 103 Å². The lowest BCUT2D eigenvalue weighted by Gasteiger charge is -2.44. The summed E-state index contributed by atoms with van der Waals surface area (Å²) >= 11 is 0. The van der Waals surface area contributed by atoms with E-state index in [9.17, 15) is 21.0 Å². The van der Waals surface area contributed by atoms with Crippen LogP contribution in [-0.2, 0) is 32.1 Å². The summed E-state index contributed by atoms with van der Waals surface area (Å²) in [6, 6.07) is 16.3. The Morgan fingerprint density at radius 3 is 2.11 bits per heavy atom. The predicted octanol–water partition coefficient (Wildman–Crippen LogP) is 5.53. The first-order valence-corrected chi connectivity index (χ1v) is 14.1. The Hall–Kier alpha value is -4.52. The molecule has 3 unspecified atom stereocenters. The molecule has 0 spiro atoms. The van der Waals surface area contributed by atoms with Crippen LogP contribution in [0.15, 0.2) is 76.0 Å². The van der Waals surface area contributed by atoms with Crippen LogP contribution >= 0.6 is 0 Å². The maximum Gasteiger partial charge on any atom is 0.410 e. The number of rotatable bonds is 12. The number of carbonyl (C=O) groups is 1. The molecule has 16 heteroatoms. The molecule has 1 aliphatic heterocycles. The second-order valence-corrected chi connectivity index (χ2v) is 10.5. The zero-order valence-electron chi connectivity index (χ0n) is 24.1. The van der Waals surface area contributed by atoms with Crippen LogP contribution in [0.2, 0.25) is 0 Å². The largest absolute Gasteiger partial charge is 0.445 e. The van der Waals surface area contributed by atoms with E-state index in [1.165, 1.54) is 12.0 Å². The Kier molecular flexibility index (Phi) is 12.0. The van der Waals surface area contributed by atoms with Crippen LogP contribution in [0.3, 0.4) is 0 Å². The van der Waals surface area contributed by atoms with E-state index in [1.807, 2.05) is 60.7 Å². The van der Waals surface area contributed by atoms with Gasteiger partial charge in [0.05, 0.1) is 43.0 Å². The molecule has 1 saturated heterocycles. The van der Waals surface area contributed by atoms with E-state index in [1.54, 1.807) is 0 Å². The molecular formula is C28H34N10O6. The Morgan fingerprint density at radius 1 is 0.909 bits per heavy atom. The number of amides is 1. The molecule has 4 rings (SSSR count). The fourth-order valence-corrected chi connectivity index (χ4v) is 5.48. The van der Waals surface area contributed by atoms with Gasteiger partial charge in [-0.1, -0.05) is 76.0 Å². The molecular weight excluding hydrogens is 572 g/mol. The number of ether oxygens (including phenoxy) is 4. The summed E-state index contributed by atoms with van der Waals surface area (Å²) in [6.45, 7) is 0.493. The van der Waals surface area contributed by atoms with E-state index in [4.69, 9.17) is 24.5 Å². The molecule has 1 N–H and O–H groups in total. The number of hydrogen-bond donors (Lipinski definition) is 1. The Balaban J connectivity index is 1.52. The summed E-state index contributed by atoms with van der Waals surface area (Å²) in [5.74, 6) is 0. The zero-order valence-corrected chi connectivity index (χ0v) is 24.1. The maximum atomic E-state index is 13.3. The summed E-state index contributed by atoms with van der Waals surface area (Å²) in [6.07, 6.45) is -4.81. The van der Waals surface area contributed by atoms with Crippen molar-refractivity contribution in [1.82, 2.24) is 4.90 Å². The summed E-state index contributed by atoms with van der Waals surface area (Å²) < 4.78 is 23.4. The van der Waals surface area contributed by atoms with Crippen molar-refractivity contribution < 1.29 is 28.8 Å². The van der Waals surface area contributed by atoms with Gasteiger partial charge < -0.3 is 29.0 Å². The number of hydrogen-bond acceptors (Lipinski definition) is 9. The molecule has 1 saturated carbocycles. The average Bonchev–Trinajstić information content (AvgIpc) is 3.04. The third-order valence-corrected chi connectivity index (χ3v) is 7.61. The molecule has 0 aromatic heterocycles. The van der Waals surface area contributed by atoms with Crippen LogP contribution in [0, 0.1) is 0 Å². The molecule has 1 aliphatic carbocycles. The molecule has 2 aliphatic rings. The predicted molar refractivity (Wildman–Crippen MR) is 156 cm³/mol. The van der Waals surface area contributed by atoms with Crippen LogP contribution in [0.25, 0.3) is 31.3 Å². The van der Waals surface area contributed by atoms with E-state index < -0.39 is 54.9 Å². The molecule has 2 aromatic carbocycles. The van der Waals surface area contributed by atoms with E-state index in [-0.39, 0.29) is 26.1 Å². The van der Waals surface area contributed by atoms with Crippen molar-refractivity contribution in [2.24, 2.45) is 15.3 Å². The number of aliphatic hydroxyl groups excluding tert-OH is 1. The minimum atomic E-state index is -1.36. The van der Waals surface area contributed by atoms with Crippen LogP contribution in [0.1, 0.15) is 30.4 Å². The van der Waals surface area contributed by atoms with Gasteiger partial charge in [0.1, 0.15) is 12.7 Å². The smallest absolute Gasteiger partial charge is 0.410 e. The normalized spacial score (nSPS) is 28.0. The van der Waals surface area contributed by atoms with Crippen molar-refractivity contribution in [2.45, 2.75) is 81.2 Å². The molecule has 8 atom stereocenters. The molecule has 16 nitrogen and oxygen atoms in total. The van der Waals surface area contributed by atoms with E-state index >= 15 is 0 Å². The summed E-state index contributed by atoms with van der Waals surface area (Å²) in [5.41, 5.74) is 29.1. The number of nitrogens with zero attached hydrogens (tertiary/aromatic N) is 10. The highest BCUT2D eigenvalue weighted by Gasteiger charge is 2.47. The van der Waals surface area contributed by atoms with Crippen molar-refractivity contribution in [3.8, 4) is 0 Å². The Labute approximate surface area is 253 Å². The van der Waals surface area contributed by atoms with Crippen LogP contribution < -0.4 is 0 Å². The monoisotopic (exact) mass is 606 g/mol. The Bertz CT molecular complexity index is 1370. The molecule has 1 heterocycles. The molecule has 0 bridgehead atoms. The zero-order chi connectivity index (χ0) is 31.3. The van der Waals surface area contributed by atoms with Crippen molar-refractivity contribution in [1.29, 1.82) is 0 Å². The van der Waals surface area contributed by atoms with Gasteiger partial charge in [-0.05, 0) is 47.0 Å². The quantitative estimate of drug-likeness (QED) is 0.185. The van der Waals surface area contributed by atoms with Crippen LogP contribution in [-0.4, -0.2) is 78.6 Å². The average molecular weight is 607 g/mol. The first-order chi connectivity index (χ1) is 21.5. The maximum absolute atomic E-state index is 13.3. The lowest BCUT2D eigenvalue weighted by molar-refractivity contribution is -0.255. The fraction of sp³-hybridized carbons (Fsp3) is 0.536. The molecule has 0 radical (unpaired) electrons. The van der Waals surface area contributed by atoms with Crippen LogP contribution in [0.5, 0.6) is 0 Å². The second kappa shape index (κ2) is 16.4. The SMILES string of the molecule is CO[C@H]1C(N=[N+]=[N-])CC(N=[N+]=[N-])[C@@H](O[C@H]2O[C@H](CN(Cc3ccccc3)C(=O)OCc3ccccc3)CCC2N=[N+]=[N-])[C@@H]1O. The van der Waals surface area contributed by atoms with Gasteiger partial charge in [-0.15, -0.1) is 0 Å². The highest BCUT2D eigenvalue weighted by Crippen LogP contribution is 2.33. The molecule has 232 valence electrons. The molecule has 2 fully saturated rings. The van der Waals surface area contributed by atoms with Crippen molar-refractivity contribution in [3.63, 3.8) is 0 Å². The lowest BCUT2D eigenvalue weighted by atomic mass is 9.84. The van der Waals surface area contributed by atoms with Gasteiger partial charge in [-0.25, -0.2) is 4.79 Å². The first-order valence-electron chi connectivity index (χ1n) is 14.1. The molecule has 44 heavy (non-hydrogen) atoms. The summed E-state index contributed by atoms with van der Waals surface area (Å²) in [4.78, 5) is 23.4. The van der Waals surface area contributed by atoms with Gasteiger partial charge >= 0.3 is 6.09 Å². The van der Waals surface area contributed by atoms with Crippen molar-refractivity contribution in [2.75, 3.05) is 13.7 Å². The van der Waals surface area contributed by atoms with Crippen LogP contribution in [0.4, 0.5) is 4.79 Å². The first kappa shape index (κ1) is 32.4. The van der Waals surface area contributed by atoms with E-state index in [2.05, 4.69) is 30.1 Å². The topological polar surface area (TPSA) is 224 Å². The number of benzene rings is 2. The highest BCUT2D eigenvalue weighted by molar-refractivity contribution is 5.67. The van der Waals surface area contributed by atoms with Crippen molar-refractivity contribution >= 4 is 6.09 Å². The number of carbonyl (C=O) groups excluding carboxylic acids is 1. The number of methoxy groups -OCH3 is 1. The summed E-state index contributed by atoms with van der Waals surface area (Å²) in [7, 11) is 1.35. The number of aliphatic hydroxyl groups is 1. The standard InChI is InChI=1S/C28H34N10O6/c1-41-25-22(33-36-30)14-23(34-37-31)26(24(25)39)44-27-21(32-35-29)13-12-20(43-27)16-38(15-18-8-4-2-5-9-18)28(40)42-17-19-10-6-3-7-11-19/h2-11,20-27,39H,12-17H2,1H3/t20-,21?,22?,23?,24+,25-,26+,27+/m0/s1. The third kappa shape index (κ3) is 8.53. The van der Waals surface area contributed by atoms with Gasteiger partial charge in [0.15, 0.2) is 6.29 Å². The fourth-order valence-electron chi connectivity index (χ4n) is 5.48. The van der Waals surface area contributed by atoms with Gasteiger partial charge in [0, 0.05) is 28.4 Å².